The molecule has 0 aliphatic carbocycles. The summed E-state index contributed by atoms with van der Waals surface area (Å²) in [6.07, 6.45) is 1.91. The minimum absolute atomic E-state index is 0.0994. The van der Waals surface area contributed by atoms with E-state index in [0.717, 1.165) is 11.0 Å². The van der Waals surface area contributed by atoms with E-state index in [0.29, 0.717) is 28.0 Å². The lowest BCUT2D eigenvalue weighted by Gasteiger charge is -2.07. The zero-order valence-electron chi connectivity index (χ0n) is 15.2. The van der Waals surface area contributed by atoms with Gasteiger partial charge in [0, 0.05) is 28.8 Å². The number of benzene rings is 2. The molecule has 29 heavy (non-hydrogen) atoms. The van der Waals surface area contributed by atoms with Gasteiger partial charge in [-0.1, -0.05) is 18.2 Å². The van der Waals surface area contributed by atoms with Gasteiger partial charge in [-0.2, -0.15) is 0 Å². The molecule has 2 N–H and O–H groups in total. The molecule has 0 radical (unpaired) electrons. The lowest BCUT2D eigenvalue weighted by Crippen LogP contribution is -2.26. The fourth-order valence-electron chi connectivity index (χ4n) is 3.03. The van der Waals surface area contributed by atoms with Gasteiger partial charge < -0.3 is 14.9 Å². The molecule has 2 heterocycles. The van der Waals surface area contributed by atoms with E-state index < -0.39 is 0 Å². The fourth-order valence-corrected chi connectivity index (χ4v) is 3.41. The Balaban J connectivity index is 1.50. The van der Waals surface area contributed by atoms with Gasteiger partial charge in [0.25, 0.3) is 5.56 Å². The molecule has 0 aliphatic rings. The molecule has 0 fully saturated rings. The van der Waals surface area contributed by atoms with Gasteiger partial charge >= 0.3 is 0 Å². The molecular weight excluding hydrogens is 439 g/mol. The van der Waals surface area contributed by atoms with Crippen LogP contribution in [-0.4, -0.2) is 20.4 Å². The topological polar surface area (TPSA) is 79.8 Å². The van der Waals surface area contributed by atoms with Crippen molar-refractivity contribution in [1.29, 1.82) is 0 Å². The number of aromatic amines is 1. The molecule has 0 saturated carbocycles. The van der Waals surface area contributed by atoms with Crippen LogP contribution in [0.2, 0.25) is 0 Å². The summed E-state index contributed by atoms with van der Waals surface area (Å²) in [7, 11) is 0. The minimum atomic E-state index is -0.323. The average molecular weight is 455 g/mol. The van der Waals surface area contributed by atoms with Crippen LogP contribution < -0.4 is 10.9 Å². The highest BCUT2D eigenvalue weighted by Crippen LogP contribution is 2.19. The number of amides is 1. The SMILES string of the molecule is O=C(Cn1cc(Br)ccc1=O)Nc1ccc2nc(Cc3ccccc3F)[nH]c2c1. The summed E-state index contributed by atoms with van der Waals surface area (Å²) < 4.78 is 15.9. The van der Waals surface area contributed by atoms with E-state index >= 15 is 0 Å². The smallest absolute Gasteiger partial charge is 0.251 e. The van der Waals surface area contributed by atoms with Crippen molar-refractivity contribution in [2.75, 3.05) is 5.32 Å². The van der Waals surface area contributed by atoms with Crippen LogP contribution in [0.5, 0.6) is 0 Å². The maximum atomic E-state index is 13.9. The van der Waals surface area contributed by atoms with Gasteiger partial charge in [0.2, 0.25) is 5.91 Å². The monoisotopic (exact) mass is 454 g/mol. The number of hydrogen-bond donors (Lipinski definition) is 2. The highest BCUT2D eigenvalue weighted by molar-refractivity contribution is 9.10. The molecule has 0 atom stereocenters. The Labute approximate surface area is 173 Å². The number of imidazole rings is 1. The zero-order chi connectivity index (χ0) is 20.4. The standard InChI is InChI=1S/C21H16BrFN4O2/c22-14-5-8-21(29)27(11-14)12-20(28)24-15-6-7-17-18(10-15)26-19(25-17)9-13-3-1-2-4-16(13)23/h1-8,10-11H,9,12H2,(H,24,28)(H,25,26). The van der Waals surface area contributed by atoms with Crippen molar-refractivity contribution in [2.45, 2.75) is 13.0 Å². The van der Waals surface area contributed by atoms with Crippen LogP contribution in [0.25, 0.3) is 11.0 Å². The normalized spacial score (nSPS) is 11.0. The van der Waals surface area contributed by atoms with Crippen molar-refractivity contribution in [2.24, 2.45) is 0 Å². The molecule has 0 bridgehead atoms. The molecule has 8 heteroatoms. The minimum Gasteiger partial charge on any atom is -0.342 e. The third-order valence-corrected chi connectivity index (χ3v) is 4.86. The number of anilines is 1. The number of pyridine rings is 1. The molecule has 0 unspecified atom stereocenters. The predicted molar refractivity (Wildman–Crippen MR) is 112 cm³/mol. The fraction of sp³-hybridized carbons (Fsp3) is 0.0952. The summed E-state index contributed by atoms with van der Waals surface area (Å²) in [5, 5.41) is 2.78. The molecule has 0 spiro atoms. The van der Waals surface area contributed by atoms with Gasteiger partial charge in [0.05, 0.1) is 11.0 Å². The first-order valence-electron chi connectivity index (χ1n) is 8.86. The van der Waals surface area contributed by atoms with Gasteiger partial charge in [0.1, 0.15) is 18.2 Å². The van der Waals surface area contributed by atoms with Crippen molar-refractivity contribution in [3.63, 3.8) is 0 Å². The molecule has 4 aromatic rings. The highest BCUT2D eigenvalue weighted by atomic mass is 79.9. The van der Waals surface area contributed by atoms with E-state index in [-0.39, 0.29) is 23.8 Å². The van der Waals surface area contributed by atoms with Gasteiger partial charge in [-0.25, -0.2) is 9.37 Å². The second-order valence-corrected chi connectivity index (χ2v) is 7.46. The molecule has 6 nitrogen and oxygen atoms in total. The second-order valence-electron chi connectivity index (χ2n) is 6.55. The van der Waals surface area contributed by atoms with Crippen LogP contribution in [0.1, 0.15) is 11.4 Å². The van der Waals surface area contributed by atoms with E-state index in [9.17, 15) is 14.0 Å². The molecule has 0 saturated heterocycles. The molecule has 2 aromatic carbocycles. The third-order valence-electron chi connectivity index (χ3n) is 4.39. The van der Waals surface area contributed by atoms with Gasteiger partial charge in [-0.05, 0) is 51.8 Å². The Bertz CT molecular complexity index is 1270. The first-order valence-corrected chi connectivity index (χ1v) is 9.65. The van der Waals surface area contributed by atoms with Crippen LogP contribution in [0.3, 0.4) is 0 Å². The van der Waals surface area contributed by atoms with Crippen molar-refractivity contribution < 1.29 is 9.18 Å². The number of hydrogen-bond acceptors (Lipinski definition) is 3. The second kappa shape index (κ2) is 8.00. The Kier molecular flexibility index (Phi) is 5.26. The number of halogens is 2. The maximum absolute atomic E-state index is 13.9. The van der Waals surface area contributed by atoms with Crippen LogP contribution >= 0.6 is 15.9 Å². The van der Waals surface area contributed by atoms with E-state index in [1.54, 1.807) is 48.7 Å². The molecule has 4 rings (SSSR count). The van der Waals surface area contributed by atoms with E-state index in [2.05, 4.69) is 31.2 Å². The van der Waals surface area contributed by atoms with Crippen molar-refractivity contribution in [3.05, 3.63) is 92.8 Å². The summed E-state index contributed by atoms with van der Waals surface area (Å²) in [5.41, 5.74) is 2.32. The number of nitrogens with zero attached hydrogens (tertiary/aromatic N) is 2. The number of nitrogens with one attached hydrogen (secondary N) is 2. The Morgan fingerprint density at radius 1 is 1.17 bits per heavy atom. The van der Waals surface area contributed by atoms with Gasteiger partial charge in [0.15, 0.2) is 0 Å². The van der Waals surface area contributed by atoms with E-state index in [1.165, 1.54) is 16.7 Å². The van der Waals surface area contributed by atoms with E-state index in [4.69, 9.17) is 0 Å². The third kappa shape index (κ3) is 4.43. The van der Waals surface area contributed by atoms with Gasteiger partial charge in [-0.15, -0.1) is 0 Å². The lowest BCUT2D eigenvalue weighted by molar-refractivity contribution is -0.116. The largest absolute Gasteiger partial charge is 0.342 e. The van der Waals surface area contributed by atoms with Crippen LogP contribution in [-0.2, 0) is 17.8 Å². The molecule has 1 amide bonds. The maximum Gasteiger partial charge on any atom is 0.251 e. The summed E-state index contributed by atoms with van der Waals surface area (Å²) in [5.74, 6) is 0.0357. The number of aromatic nitrogens is 3. The molecule has 146 valence electrons. The number of rotatable bonds is 5. The van der Waals surface area contributed by atoms with Crippen molar-refractivity contribution in [1.82, 2.24) is 14.5 Å². The van der Waals surface area contributed by atoms with Crippen LogP contribution in [0.15, 0.2) is 70.1 Å². The number of carbonyl (C=O) groups excluding carboxylic acids is 1. The summed E-state index contributed by atoms with van der Waals surface area (Å²) in [4.78, 5) is 31.8. The average Bonchev–Trinajstić information content (AvgIpc) is 3.08. The van der Waals surface area contributed by atoms with Crippen molar-refractivity contribution >= 4 is 38.6 Å². The first-order chi connectivity index (χ1) is 14.0. The quantitative estimate of drug-likeness (QED) is 0.480. The Hall–Kier alpha value is -3.26. The van der Waals surface area contributed by atoms with Crippen LogP contribution in [0.4, 0.5) is 10.1 Å². The number of H-pyrrole nitrogens is 1. The Morgan fingerprint density at radius 3 is 2.83 bits per heavy atom. The summed E-state index contributed by atoms with van der Waals surface area (Å²) >= 11 is 3.28. The molecule has 2 aromatic heterocycles. The highest BCUT2D eigenvalue weighted by Gasteiger charge is 2.10. The lowest BCUT2D eigenvalue weighted by atomic mass is 10.1. The predicted octanol–water partition coefficient (Wildman–Crippen LogP) is 3.86. The zero-order valence-corrected chi connectivity index (χ0v) is 16.7. The Morgan fingerprint density at radius 2 is 2.00 bits per heavy atom. The van der Waals surface area contributed by atoms with Crippen molar-refractivity contribution in [3.8, 4) is 0 Å². The van der Waals surface area contributed by atoms with E-state index in [1.807, 2.05) is 0 Å². The number of fused-ring (bicyclic) bond motifs is 1. The molecule has 0 aliphatic heterocycles. The van der Waals surface area contributed by atoms with Gasteiger partial charge in [-0.3, -0.25) is 9.59 Å². The summed E-state index contributed by atoms with van der Waals surface area (Å²) in [6, 6.07) is 14.9. The first kappa shape index (κ1) is 19.1. The number of carbonyl (C=O) groups is 1. The molecular formula is C21H16BrFN4O2. The summed E-state index contributed by atoms with van der Waals surface area (Å²) in [6.45, 7) is -0.0994. The van der Waals surface area contributed by atoms with Crippen LogP contribution in [0, 0.1) is 5.82 Å².